The average Bonchev–Trinajstić information content (AvgIpc) is 2.38. The summed E-state index contributed by atoms with van der Waals surface area (Å²) in [6, 6.07) is 7.99. The molecular formula is C14H22N2O2S. The van der Waals surface area contributed by atoms with Crippen molar-refractivity contribution >= 4 is 17.0 Å². The van der Waals surface area contributed by atoms with Crippen LogP contribution in [0.2, 0.25) is 0 Å². The first kappa shape index (κ1) is 16.0. The lowest BCUT2D eigenvalue weighted by atomic mass is 10.2. The van der Waals surface area contributed by atoms with Crippen molar-refractivity contribution in [3.8, 4) is 0 Å². The zero-order chi connectivity index (χ0) is 14.3. The lowest BCUT2D eigenvalue weighted by Gasteiger charge is -2.19. The third-order valence-electron chi connectivity index (χ3n) is 2.74. The summed E-state index contributed by atoms with van der Waals surface area (Å²) < 4.78 is 0. The summed E-state index contributed by atoms with van der Waals surface area (Å²) >= 11 is 1.23. The molecule has 0 aliphatic rings. The van der Waals surface area contributed by atoms with Crippen LogP contribution in [0, 0.1) is 0 Å². The van der Waals surface area contributed by atoms with Crippen molar-refractivity contribution < 1.29 is 9.90 Å². The quantitative estimate of drug-likeness (QED) is 0.813. The van der Waals surface area contributed by atoms with Gasteiger partial charge in [0.1, 0.15) is 0 Å². The van der Waals surface area contributed by atoms with Gasteiger partial charge in [0.2, 0.25) is 0 Å². The average molecular weight is 282 g/mol. The van der Waals surface area contributed by atoms with Gasteiger partial charge in [-0.3, -0.25) is 9.69 Å². The molecule has 0 aliphatic heterocycles. The van der Waals surface area contributed by atoms with Crippen molar-refractivity contribution in [3.63, 3.8) is 0 Å². The van der Waals surface area contributed by atoms with Crippen molar-refractivity contribution in [1.82, 2.24) is 9.80 Å². The van der Waals surface area contributed by atoms with Gasteiger partial charge in [0.15, 0.2) is 0 Å². The number of aliphatic hydroxyl groups is 1. The normalized spacial score (nSPS) is 10.8. The minimum atomic E-state index is 0.0276. The molecule has 0 radical (unpaired) electrons. The number of amides is 1. The van der Waals surface area contributed by atoms with E-state index < -0.39 is 0 Å². The molecule has 0 spiro atoms. The van der Waals surface area contributed by atoms with Gasteiger partial charge in [-0.25, -0.2) is 0 Å². The maximum atomic E-state index is 11.6. The largest absolute Gasteiger partial charge is 0.395 e. The molecule has 1 amide bonds. The summed E-state index contributed by atoms with van der Waals surface area (Å²) in [5, 5.41) is 9.01. The summed E-state index contributed by atoms with van der Waals surface area (Å²) in [5.74, 6) is 0. The first-order chi connectivity index (χ1) is 9.06. The molecule has 0 unspecified atom stereocenters. The minimum Gasteiger partial charge on any atom is -0.395 e. The zero-order valence-electron chi connectivity index (χ0n) is 11.8. The lowest BCUT2D eigenvalue weighted by Crippen LogP contribution is -2.26. The number of hydrogen-bond donors (Lipinski definition) is 1. The number of likely N-dealkylation sites (N-methyl/N-ethyl adjacent to an activating group) is 1. The summed E-state index contributed by atoms with van der Waals surface area (Å²) in [7, 11) is 3.50. The molecule has 0 saturated heterocycles. The predicted octanol–water partition coefficient (Wildman–Crippen LogP) is 2.27. The number of thioether (sulfide) groups is 1. The minimum absolute atomic E-state index is 0.0276. The standard InChI is InChI=1S/C14H22N2O2S/c1-4-16(8-9-17)11-12-6-5-7-13(10-12)19-14(18)15(2)3/h5-7,10,17H,4,8-9,11H2,1-3H3. The van der Waals surface area contributed by atoms with Gasteiger partial charge in [0.25, 0.3) is 5.24 Å². The van der Waals surface area contributed by atoms with Crippen LogP contribution in [0.15, 0.2) is 29.2 Å². The van der Waals surface area contributed by atoms with Crippen molar-refractivity contribution in [3.05, 3.63) is 29.8 Å². The van der Waals surface area contributed by atoms with Gasteiger partial charge >= 0.3 is 0 Å². The van der Waals surface area contributed by atoms with E-state index in [4.69, 9.17) is 5.11 Å². The molecule has 1 aromatic rings. The number of aliphatic hydroxyl groups excluding tert-OH is 1. The van der Waals surface area contributed by atoms with Gasteiger partial charge in [0.05, 0.1) is 6.61 Å². The van der Waals surface area contributed by atoms with E-state index in [2.05, 4.69) is 11.8 Å². The van der Waals surface area contributed by atoms with Crippen LogP contribution in [0.5, 0.6) is 0 Å². The van der Waals surface area contributed by atoms with Crippen LogP contribution in [0.1, 0.15) is 12.5 Å². The van der Waals surface area contributed by atoms with Crippen molar-refractivity contribution in [2.24, 2.45) is 0 Å². The Balaban J connectivity index is 2.68. The maximum Gasteiger partial charge on any atom is 0.285 e. The number of carbonyl (C=O) groups is 1. The second kappa shape index (κ2) is 8.19. The van der Waals surface area contributed by atoms with E-state index in [1.165, 1.54) is 11.8 Å². The number of benzene rings is 1. The first-order valence-corrected chi connectivity index (χ1v) is 7.19. The van der Waals surface area contributed by atoms with Crippen LogP contribution in [0.4, 0.5) is 4.79 Å². The van der Waals surface area contributed by atoms with Crippen LogP contribution in [-0.4, -0.2) is 53.9 Å². The van der Waals surface area contributed by atoms with Gasteiger partial charge in [-0.2, -0.15) is 0 Å². The highest BCUT2D eigenvalue weighted by Crippen LogP contribution is 2.22. The van der Waals surface area contributed by atoms with Gasteiger partial charge in [-0.15, -0.1) is 0 Å². The highest BCUT2D eigenvalue weighted by atomic mass is 32.2. The number of carbonyl (C=O) groups excluding carboxylic acids is 1. The molecule has 1 N–H and O–H groups in total. The molecule has 0 heterocycles. The lowest BCUT2D eigenvalue weighted by molar-refractivity contribution is 0.196. The van der Waals surface area contributed by atoms with E-state index in [1.807, 2.05) is 24.3 Å². The highest BCUT2D eigenvalue weighted by molar-refractivity contribution is 8.13. The SMILES string of the molecule is CCN(CCO)Cc1cccc(SC(=O)N(C)C)c1. The van der Waals surface area contributed by atoms with Crippen molar-refractivity contribution in [2.75, 3.05) is 33.8 Å². The van der Waals surface area contributed by atoms with E-state index in [9.17, 15) is 4.79 Å². The Labute approximate surface area is 119 Å². The number of nitrogens with zero attached hydrogens (tertiary/aromatic N) is 2. The van der Waals surface area contributed by atoms with E-state index in [0.717, 1.165) is 23.5 Å². The summed E-state index contributed by atoms with van der Waals surface area (Å²) in [5.41, 5.74) is 1.16. The van der Waals surface area contributed by atoms with Gasteiger partial charge in [-0.1, -0.05) is 19.1 Å². The molecule has 5 heteroatoms. The zero-order valence-corrected chi connectivity index (χ0v) is 12.6. The third kappa shape index (κ3) is 5.63. The molecule has 106 valence electrons. The molecule has 1 rings (SSSR count). The third-order valence-corrected chi connectivity index (χ3v) is 3.77. The molecule has 0 fully saturated rings. The Morgan fingerprint density at radius 3 is 2.68 bits per heavy atom. The van der Waals surface area contributed by atoms with Crippen LogP contribution in [-0.2, 0) is 6.54 Å². The Bertz CT molecular complexity index is 410. The first-order valence-electron chi connectivity index (χ1n) is 6.38. The number of hydrogen-bond acceptors (Lipinski definition) is 4. The highest BCUT2D eigenvalue weighted by Gasteiger charge is 2.08. The van der Waals surface area contributed by atoms with Crippen LogP contribution >= 0.6 is 11.8 Å². The summed E-state index contributed by atoms with van der Waals surface area (Å²) in [6.07, 6.45) is 0. The smallest absolute Gasteiger partial charge is 0.285 e. The molecule has 0 aliphatic carbocycles. The number of rotatable bonds is 6. The fourth-order valence-electron chi connectivity index (χ4n) is 1.65. The molecule has 1 aromatic carbocycles. The second-order valence-electron chi connectivity index (χ2n) is 4.50. The van der Waals surface area contributed by atoms with E-state index in [0.29, 0.717) is 6.54 Å². The van der Waals surface area contributed by atoms with Crippen LogP contribution in [0.3, 0.4) is 0 Å². The molecule has 4 nitrogen and oxygen atoms in total. The van der Waals surface area contributed by atoms with Crippen LogP contribution < -0.4 is 0 Å². The monoisotopic (exact) mass is 282 g/mol. The fourth-order valence-corrected chi connectivity index (χ4v) is 2.39. The van der Waals surface area contributed by atoms with Crippen molar-refractivity contribution in [2.45, 2.75) is 18.4 Å². The summed E-state index contributed by atoms with van der Waals surface area (Å²) in [6.45, 7) is 4.60. The molecule has 0 atom stereocenters. The van der Waals surface area contributed by atoms with E-state index in [-0.39, 0.29) is 11.8 Å². The molecule has 0 bridgehead atoms. The Kier molecular flexibility index (Phi) is 6.91. The second-order valence-corrected chi connectivity index (χ2v) is 5.53. The Morgan fingerprint density at radius 2 is 2.11 bits per heavy atom. The summed E-state index contributed by atoms with van der Waals surface area (Å²) in [4.78, 5) is 16.3. The van der Waals surface area contributed by atoms with Gasteiger partial charge < -0.3 is 10.0 Å². The van der Waals surface area contributed by atoms with Crippen molar-refractivity contribution in [1.29, 1.82) is 0 Å². The Morgan fingerprint density at radius 1 is 1.37 bits per heavy atom. The Hall–Kier alpha value is -1.04. The molecule has 0 saturated carbocycles. The fraction of sp³-hybridized carbons (Fsp3) is 0.500. The van der Waals surface area contributed by atoms with Gasteiger partial charge in [-0.05, 0) is 36.0 Å². The molecule has 0 aromatic heterocycles. The maximum absolute atomic E-state index is 11.6. The van der Waals surface area contributed by atoms with E-state index in [1.54, 1.807) is 19.0 Å². The molecular weight excluding hydrogens is 260 g/mol. The van der Waals surface area contributed by atoms with E-state index >= 15 is 0 Å². The predicted molar refractivity (Wildman–Crippen MR) is 79.4 cm³/mol. The van der Waals surface area contributed by atoms with Crippen LogP contribution in [0.25, 0.3) is 0 Å². The topological polar surface area (TPSA) is 43.8 Å². The van der Waals surface area contributed by atoms with Gasteiger partial charge in [0, 0.05) is 32.1 Å². The molecule has 19 heavy (non-hydrogen) atoms.